The molecule has 1 amide bonds. The number of imidazole rings is 1. The molecule has 1 unspecified atom stereocenters. The first kappa shape index (κ1) is 24.8. The molecule has 186 valence electrons. The molecule has 2 aromatic heterocycles. The van der Waals surface area contributed by atoms with E-state index in [-0.39, 0.29) is 24.2 Å². The number of likely N-dealkylation sites (tertiary alicyclic amines) is 1. The highest BCUT2D eigenvalue weighted by molar-refractivity contribution is 5.79. The van der Waals surface area contributed by atoms with E-state index in [0.29, 0.717) is 49.4 Å². The number of benzene rings is 1. The third-order valence-electron chi connectivity index (χ3n) is 6.52. The van der Waals surface area contributed by atoms with Gasteiger partial charge in [0, 0.05) is 37.8 Å². The Labute approximate surface area is 201 Å². The van der Waals surface area contributed by atoms with Gasteiger partial charge in [-0.05, 0) is 56.0 Å². The molecule has 4 rings (SSSR count). The molecule has 0 N–H and O–H groups in total. The number of hydrogen-bond acceptors (Lipinski definition) is 4. The lowest BCUT2D eigenvalue weighted by molar-refractivity contribution is -0.151. The lowest BCUT2D eigenvalue weighted by atomic mass is 9.90. The van der Waals surface area contributed by atoms with Gasteiger partial charge in [-0.3, -0.25) is 9.59 Å². The minimum atomic E-state index is -4.49. The van der Waals surface area contributed by atoms with Gasteiger partial charge in [-0.15, -0.1) is 0 Å². The largest absolute Gasteiger partial charge is 0.466 e. The molecule has 1 saturated heterocycles. The molecule has 1 aromatic carbocycles. The summed E-state index contributed by atoms with van der Waals surface area (Å²) in [5.41, 5.74) is 1.96. The fourth-order valence-corrected chi connectivity index (χ4v) is 4.61. The molecule has 0 aliphatic carbocycles. The summed E-state index contributed by atoms with van der Waals surface area (Å²) in [6.07, 6.45) is -0.0343. The Balaban J connectivity index is 1.62. The topological polar surface area (TPSA) is 63.9 Å². The fraction of sp³-hybridized carbons (Fsp3) is 0.423. The van der Waals surface area contributed by atoms with Crippen LogP contribution in [0.5, 0.6) is 0 Å². The van der Waals surface area contributed by atoms with E-state index in [4.69, 9.17) is 4.74 Å². The Bertz CT molecular complexity index is 1210. The molecule has 1 aliphatic rings. The molecule has 1 fully saturated rings. The Morgan fingerprint density at radius 2 is 1.91 bits per heavy atom. The zero-order valence-electron chi connectivity index (χ0n) is 19.7. The van der Waals surface area contributed by atoms with Gasteiger partial charge in [0.05, 0.1) is 23.8 Å². The van der Waals surface area contributed by atoms with Crippen molar-refractivity contribution in [1.82, 2.24) is 14.3 Å². The summed E-state index contributed by atoms with van der Waals surface area (Å²) in [4.78, 5) is 31.4. The zero-order chi connectivity index (χ0) is 25.2. The number of rotatable bonds is 6. The van der Waals surface area contributed by atoms with Crippen LogP contribution in [0.2, 0.25) is 0 Å². The maximum absolute atomic E-state index is 13.5. The summed E-state index contributed by atoms with van der Waals surface area (Å²) in [6.45, 7) is 4.82. The number of amides is 1. The van der Waals surface area contributed by atoms with Gasteiger partial charge in [-0.25, -0.2) is 4.98 Å². The first-order valence-electron chi connectivity index (χ1n) is 11.7. The van der Waals surface area contributed by atoms with Crippen LogP contribution >= 0.6 is 0 Å². The predicted octanol–water partition coefficient (Wildman–Crippen LogP) is 4.99. The van der Waals surface area contributed by atoms with Gasteiger partial charge < -0.3 is 14.0 Å². The Hall–Kier alpha value is -3.36. The van der Waals surface area contributed by atoms with E-state index in [2.05, 4.69) is 4.98 Å². The molecule has 0 bridgehead atoms. The maximum Gasteiger partial charge on any atom is 0.416 e. The SMILES string of the molecule is CCOC(=O)C1CCN(C(=O)CC(c2cccc(C(F)(F)F)c2)c2cnc3cc(C)ccn23)CC1. The summed E-state index contributed by atoms with van der Waals surface area (Å²) >= 11 is 0. The van der Waals surface area contributed by atoms with Crippen LogP contribution in [-0.4, -0.2) is 45.9 Å². The maximum atomic E-state index is 13.5. The van der Waals surface area contributed by atoms with Gasteiger partial charge in [0.2, 0.25) is 5.91 Å². The molecule has 1 aliphatic heterocycles. The van der Waals surface area contributed by atoms with Crippen molar-refractivity contribution in [2.75, 3.05) is 19.7 Å². The van der Waals surface area contributed by atoms with Crippen LogP contribution in [0.1, 0.15) is 54.5 Å². The molecule has 0 radical (unpaired) electrons. The van der Waals surface area contributed by atoms with Crippen LogP contribution < -0.4 is 0 Å². The summed E-state index contributed by atoms with van der Waals surface area (Å²) in [5, 5.41) is 0. The normalized spacial score (nSPS) is 15.9. The number of carbonyl (C=O) groups excluding carboxylic acids is 2. The van der Waals surface area contributed by atoms with Crippen molar-refractivity contribution >= 4 is 17.5 Å². The van der Waals surface area contributed by atoms with E-state index in [0.717, 1.165) is 17.7 Å². The molecule has 1 atom stereocenters. The Kier molecular flexibility index (Phi) is 7.14. The number of halogens is 3. The van der Waals surface area contributed by atoms with Crippen LogP contribution in [0, 0.1) is 12.8 Å². The van der Waals surface area contributed by atoms with E-state index >= 15 is 0 Å². The standard InChI is InChI=1S/C26H28F3N3O3/c1-3-35-25(34)18-8-10-31(11-9-18)24(33)15-21(19-5-4-6-20(14-19)26(27,28)29)22-16-30-23-13-17(2)7-12-32(22)23/h4-7,12-14,16,18,21H,3,8-11,15H2,1-2H3. The predicted molar refractivity (Wildman–Crippen MR) is 124 cm³/mol. The van der Waals surface area contributed by atoms with Gasteiger partial charge >= 0.3 is 12.1 Å². The van der Waals surface area contributed by atoms with Gasteiger partial charge in [-0.1, -0.05) is 18.2 Å². The van der Waals surface area contributed by atoms with Gasteiger partial charge in [0.1, 0.15) is 5.65 Å². The lowest BCUT2D eigenvalue weighted by Gasteiger charge is -2.32. The van der Waals surface area contributed by atoms with Crippen LogP contribution in [0.25, 0.3) is 5.65 Å². The average molecular weight is 488 g/mol. The summed E-state index contributed by atoms with van der Waals surface area (Å²) < 4.78 is 47.3. The van der Waals surface area contributed by atoms with Gasteiger partial charge in [-0.2, -0.15) is 13.2 Å². The molecule has 0 saturated carbocycles. The summed E-state index contributed by atoms with van der Waals surface area (Å²) in [7, 11) is 0. The number of pyridine rings is 1. The first-order valence-corrected chi connectivity index (χ1v) is 11.7. The van der Waals surface area contributed by atoms with E-state index < -0.39 is 17.7 Å². The molecule has 6 nitrogen and oxygen atoms in total. The second-order valence-electron chi connectivity index (χ2n) is 8.90. The van der Waals surface area contributed by atoms with Crippen molar-refractivity contribution in [3.63, 3.8) is 0 Å². The number of carbonyl (C=O) groups is 2. The summed E-state index contributed by atoms with van der Waals surface area (Å²) in [5.74, 6) is -1.27. The smallest absolute Gasteiger partial charge is 0.416 e. The number of alkyl halides is 3. The third kappa shape index (κ3) is 5.49. The molecule has 35 heavy (non-hydrogen) atoms. The third-order valence-corrected chi connectivity index (χ3v) is 6.52. The molecule has 0 spiro atoms. The summed E-state index contributed by atoms with van der Waals surface area (Å²) in [6, 6.07) is 8.90. The van der Waals surface area contributed by atoms with Crippen molar-refractivity contribution in [1.29, 1.82) is 0 Å². The van der Waals surface area contributed by atoms with Crippen molar-refractivity contribution in [3.05, 3.63) is 71.2 Å². The van der Waals surface area contributed by atoms with Crippen molar-refractivity contribution in [2.45, 2.75) is 45.2 Å². The van der Waals surface area contributed by atoms with Crippen LogP contribution in [0.3, 0.4) is 0 Å². The molecular weight excluding hydrogens is 459 g/mol. The van der Waals surface area contributed by atoms with Crippen LogP contribution in [0.4, 0.5) is 13.2 Å². The minimum absolute atomic E-state index is 0.00689. The zero-order valence-corrected chi connectivity index (χ0v) is 19.7. The number of aryl methyl sites for hydroxylation is 1. The molecular formula is C26H28F3N3O3. The second-order valence-corrected chi connectivity index (χ2v) is 8.90. The van der Waals surface area contributed by atoms with E-state index in [1.807, 2.05) is 29.7 Å². The number of piperidine rings is 1. The molecule has 9 heteroatoms. The number of esters is 1. The van der Waals surface area contributed by atoms with E-state index in [9.17, 15) is 22.8 Å². The van der Waals surface area contributed by atoms with Crippen molar-refractivity contribution < 1.29 is 27.5 Å². The highest BCUT2D eigenvalue weighted by Gasteiger charge is 2.33. The monoisotopic (exact) mass is 487 g/mol. The van der Waals surface area contributed by atoms with Crippen LogP contribution in [0.15, 0.2) is 48.8 Å². The highest BCUT2D eigenvalue weighted by Crippen LogP contribution is 2.35. The second kappa shape index (κ2) is 10.1. The Morgan fingerprint density at radius 3 is 2.60 bits per heavy atom. The first-order chi connectivity index (χ1) is 16.7. The van der Waals surface area contributed by atoms with Gasteiger partial charge in [0.25, 0.3) is 0 Å². The highest BCUT2D eigenvalue weighted by atomic mass is 19.4. The quantitative estimate of drug-likeness (QED) is 0.460. The number of nitrogens with zero attached hydrogens (tertiary/aromatic N) is 3. The van der Waals surface area contributed by atoms with Crippen molar-refractivity contribution in [3.8, 4) is 0 Å². The molecule has 3 heterocycles. The average Bonchev–Trinajstić information content (AvgIpc) is 3.25. The minimum Gasteiger partial charge on any atom is -0.466 e. The number of ether oxygens (including phenoxy) is 1. The lowest BCUT2D eigenvalue weighted by Crippen LogP contribution is -2.41. The van der Waals surface area contributed by atoms with E-state index in [1.54, 1.807) is 24.1 Å². The number of hydrogen-bond donors (Lipinski definition) is 0. The van der Waals surface area contributed by atoms with Crippen LogP contribution in [-0.2, 0) is 20.5 Å². The number of aromatic nitrogens is 2. The number of fused-ring (bicyclic) bond motifs is 1. The van der Waals surface area contributed by atoms with E-state index in [1.165, 1.54) is 6.07 Å². The molecule has 3 aromatic rings. The van der Waals surface area contributed by atoms with Gasteiger partial charge in [0.15, 0.2) is 0 Å². The fourth-order valence-electron chi connectivity index (χ4n) is 4.61. The Morgan fingerprint density at radius 1 is 1.17 bits per heavy atom. The van der Waals surface area contributed by atoms with Crippen molar-refractivity contribution in [2.24, 2.45) is 5.92 Å².